The van der Waals surface area contributed by atoms with Crippen LogP contribution in [-0.2, 0) is 9.84 Å². The molecule has 0 aliphatic carbocycles. The van der Waals surface area contributed by atoms with Gasteiger partial charge in [0, 0.05) is 6.07 Å². The average molecular weight is 282 g/mol. The van der Waals surface area contributed by atoms with Gasteiger partial charge in [-0.1, -0.05) is 6.07 Å². The number of methoxy groups -OCH3 is 1. The van der Waals surface area contributed by atoms with Gasteiger partial charge in [-0.15, -0.1) is 0 Å². The van der Waals surface area contributed by atoms with Crippen molar-refractivity contribution in [3.05, 3.63) is 23.9 Å². The van der Waals surface area contributed by atoms with Gasteiger partial charge in [-0.05, 0) is 12.5 Å². The van der Waals surface area contributed by atoms with Gasteiger partial charge in [0.05, 0.1) is 30.4 Å². The molecule has 1 saturated heterocycles. The fourth-order valence-corrected chi connectivity index (χ4v) is 4.19. The largest absolute Gasteiger partial charge is 0.481 e. The maximum atomic E-state index is 11.6. The van der Waals surface area contributed by atoms with E-state index in [9.17, 15) is 18.8 Å². The monoisotopic (exact) mass is 282 g/mol. The Morgan fingerprint density at radius 1 is 1.58 bits per heavy atom. The Labute approximate surface area is 111 Å². The number of hydrogen-bond acceptors (Lipinski definition) is 6. The molecule has 19 heavy (non-hydrogen) atoms. The normalized spacial score (nSPS) is 26.6. The molecule has 2 rings (SSSR count). The Hall–Kier alpha value is -1.65. The van der Waals surface area contributed by atoms with Crippen LogP contribution in [0.2, 0.25) is 0 Å². The molecule has 0 aromatic carbocycles. The lowest BCUT2D eigenvalue weighted by molar-refractivity contribution is 0.0748. The lowest BCUT2D eigenvalue weighted by atomic mass is 9.81. The molecule has 1 fully saturated rings. The lowest BCUT2D eigenvalue weighted by Crippen LogP contribution is -2.29. The number of nitrogens with zero attached hydrogens (tertiary/aromatic N) is 2. The highest BCUT2D eigenvalue weighted by Crippen LogP contribution is 2.42. The van der Waals surface area contributed by atoms with Gasteiger partial charge in [-0.2, -0.15) is 5.26 Å². The van der Waals surface area contributed by atoms with E-state index in [4.69, 9.17) is 4.74 Å². The third kappa shape index (κ3) is 2.55. The maximum absolute atomic E-state index is 11.6. The van der Waals surface area contributed by atoms with Crippen molar-refractivity contribution in [3.8, 4) is 11.9 Å². The molecule has 2 unspecified atom stereocenters. The zero-order valence-corrected chi connectivity index (χ0v) is 11.2. The summed E-state index contributed by atoms with van der Waals surface area (Å²) in [6.07, 6.45) is -1.13. The minimum Gasteiger partial charge on any atom is -0.481 e. The first kappa shape index (κ1) is 13.8. The molecule has 1 aliphatic rings. The van der Waals surface area contributed by atoms with Gasteiger partial charge in [-0.25, -0.2) is 13.4 Å². The van der Waals surface area contributed by atoms with E-state index in [1.807, 2.05) is 6.07 Å². The van der Waals surface area contributed by atoms with E-state index in [1.165, 1.54) is 7.11 Å². The molecule has 2 atom stereocenters. The van der Waals surface area contributed by atoms with Crippen LogP contribution in [0.3, 0.4) is 0 Å². The molecule has 2 heterocycles. The van der Waals surface area contributed by atoms with Crippen molar-refractivity contribution in [3.63, 3.8) is 0 Å². The molecule has 6 nitrogen and oxygen atoms in total. The highest BCUT2D eigenvalue weighted by molar-refractivity contribution is 7.91. The third-order valence-corrected chi connectivity index (χ3v) is 5.10. The average Bonchev–Trinajstić information content (AvgIpc) is 2.75. The van der Waals surface area contributed by atoms with Crippen LogP contribution in [0.5, 0.6) is 5.88 Å². The fourth-order valence-electron chi connectivity index (χ4n) is 2.22. The maximum Gasteiger partial charge on any atom is 0.213 e. The van der Waals surface area contributed by atoms with Crippen LogP contribution in [0.15, 0.2) is 18.2 Å². The van der Waals surface area contributed by atoms with E-state index < -0.39 is 21.4 Å². The highest BCUT2D eigenvalue weighted by atomic mass is 32.2. The topological polar surface area (TPSA) is 100 Å². The summed E-state index contributed by atoms with van der Waals surface area (Å²) in [5.74, 6) is -0.108. The number of pyridine rings is 1. The van der Waals surface area contributed by atoms with Gasteiger partial charge in [0.25, 0.3) is 0 Å². The van der Waals surface area contributed by atoms with Crippen LogP contribution in [0.25, 0.3) is 0 Å². The number of sulfone groups is 1. The lowest BCUT2D eigenvalue weighted by Gasteiger charge is -2.25. The fraction of sp³-hybridized carbons (Fsp3) is 0.500. The summed E-state index contributed by atoms with van der Waals surface area (Å²) in [5, 5.41) is 19.6. The number of aliphatic hydroxyl groups is 1. The van der Waals surface area contributed by atoms with Gasteiger partial charge in [0.15, 0.2) is 9.84 Å². The Balaban J connectivity index is 2.37. The molecule has 0 radical (unpaired) electrons. The van der Waals surface area contributed by atoms with Crippen molar-refractivity contribution in [2.75, 3.05) is 18.6 Å². The molecule has 102 valence electrons. The Bertz CT molecular complexity index is 623. The van der Waals surface area contributed by atoms with Crippen LogP contribution >= 0.6 is 0 Å². The predicted octanol–water partition coefficient (Wildman–Crippen LogP) is 0.452. The first-order valence-corrected chi connectivity index (χ1v) is 7.55. The van der Waals surface area contributed by atoms with E-state index >= 15 is 0 Å². The molecule has 7 heteroatoms. The molecule has 0 amide bonds. The number of aliphatic hydroxyl groups excluding tert-OH is 1. The second kappa shape index (κ2) is 4.79. The SMILES string of the molecule is COc1cccc(C(O)C2(C#N)CCS(=O)(=O)C2)n1. The van der Waals surface area contributed by atoms with E-state index in [-0.39, 0.29) is 23.6 Å². The zero-order chi connectivity index (χ0) is 14.1. The first-order valence-electron chi connectivity index (χ1n) is 5.73. The van der Waals surface area contributed by atoms with Gasteiger partial charge >= 0.3 is 0 Å². The van der Waals surface area contributed by atoms with Gasteiger partial charge in [0.2, 0.25) is 5.88 Å². The molecule has 0 spiro atoms. The van der Waals surface area contributed by atoms with Crippen molar-refractivity contribution >= 4 is 9.84 Å². The molecular weight excluding hydrogens is 268 g/mol. The molecule has 0 saturated carbocycles. The van der Waals surface area contributed by atoms with E-state index in [0.29, 0.717) is 5.88 Å². The summed E-state index contributed by atoms with van der Waals surface area (Å²) in [6, 6.07) is 6.76. The number of aromatic nitrogens is 1. The quantitative estimate of drug-likeness (QED) is 0.864. The second-order valence-electron chi connectivity index (χ2n) is 4.62. The molecule has 1 N–H and O–H groups in total. The van der Waals surface area contributed by atoms with Crippen molar-refractivity contribution in [1.82, 2.24) is 4.98 Å². The zero-order valence-electron chi connectivity index (χ0n) is 10.4. The third-order valence-electron chi connectivity index (χ3n) is 3.32. The summed E-state index contributed by atoms with van der Waals surface area (Å²) < 4.78 is 28.1. The molecular formula is C12H14N2O4S. The Kier molecular flexibility index (Phi) is 3.47. The van der Waals surface area contributed by atoms with Gasteiger partial charge in [-0.3, -0.25) is 0 Å². The van der Waals surface area contributed by atoms with Crippen molar-refractivity contribution < 1.29 is 18.3 Å². The number of hydrogen-bond donors (Lipinski definition) is 1. The number of rotatable bonds is 3. The molecule has 1 aliphatic heterocycles. The van der Waals surface area contributed by atoms with E-state index in [0.717, 1.165) is 0 Å². The van der Waals surface area contributed by atoms with Gasteiger partial charge < -0.3 is 9.84 Å². The predicted molar refractivity (Wildman–Crippen MR) is 67.1 cm³/mol. The smallest absolute Gasteiger partial charge is 0.213 e. The van der Waals surface area contributed by atoms with E-state index in [2.05, 4.69) is 4.98 Å². The Morgan fingerprint density at radius 3 is 2.84 bits per heavy atom. The van der Waals surface area contributed by atoms with Crippen molar-refractivity contribution in [1.29, 1.82) is 5.26 Å². The highest BCUT2D eigenvalue weighted by Gasteiger charge is 2.49. The Morgan fingerprint density at radius 2 is 2.32 bits per heavy atom. The van der Waals surface area contributed by atoms with Crippen LogP contribution in [0, 0.1) is 16.7 Å². The summed E-state index contributed by atoms with van der Waals surface area (Å²) in [5.41, 5.74) is -1.07. The molecule has 1 aromatic heterocycles. The summed E-state index contributed by atoms with van der Waals surface area (Å²) in [4.78, 5) is 4.06. The minimum atomic E-state index is -3.28. The van der Waals surface area contributed by atoms with Crippen molar-refractivity contribution in [2.24, 2.45) is 5.41 Å². The van der Waals surface area contributed by atoms with Gasteiger partial charge in [0.1, 0.15) is 11.5 Å². The number of ether oxygens (including phenoxy) is 1. The van der Waals surface area contributed by atoms with Crippen LogP contribution in [0.1, 0.15) is 18.2 Å². The standard InChI is InChI=1S/C12H14N2O4S/c1-18-10-4-2-3-9(14-10)11(15)12(7-13)5-6-19(16,17)8-12/h2-4,11,15H,5-6,8H2,1H3. The van der Waals surface area contributed by atoms with E-state index in [1.54, 1.807) is 18.2 Å². The van der Waals surface area contributed by atoms with Crippen molar-refractivity contribution in [2.45, 2.75) is 12.5 Å². The van der Waals surface area contributed by atoms with Crippen LogP contribution < -0.4 is 4.74 Å². The van der Waals surface area contributed by atoms with Crippen LogP contribution in [0.4, 0.5) is 0 Å². The second-order valence-corrected chi connectivity index (χ2v) is 6.80. The number of nitriles is 1. The summed E-state index contributed by atoms with van der Waals surface area (Å²) >= 11 is 0. The van der Waals surface area contributed by atoms with Crippen LogP contribution in [-0.4, -0.2) is 37.1 Å². The summed E-state index contributed by atoms with van der Waals surface area (Å²) in [6.45, 7) is 0. The summed E-state index contributed by atoms with van der Waals surface area (Å²) in [7, 11) is -1.83. The molecule has 1 aromatic rings. The molecule has 0 bridgehead atoms. The minimum absolute atomic E-state index is 0.0818. The first-order chi connectivity index (χ1) is 8.92.